The van der Waals surface area contributed by atoms with Crippen molar-refractivity contribution < 1.29 is 18.3 Å². The summed E-state index contributed by atoms with van der Waals surface area (Å²) in [5.41, 5.74) is 0.569. The number of carbonyl (C=O) groups is 1. The van der Waals surface area contributed by atoms with Crippen molar-refractivity contribution in [2.24, 2.45) is 0 Å². The van der Waals surface area contributed by atoms with Crippen molar-refractivity contribution in [1.82, 2.24) is 5.32 Å². The number of nitrogens with one attached hydrogen (secondary N) is 2. The molecule has 0 unspecified atom stereocenters. The third-order valence-electron chi connectivity index (χ3n) is 2.97. The lowest BCUT2D eigenvalue weighted by Gasteiger charge is -2.22. The highest BCUT2D eigenvalue weighted by Gasteiger charge is 2.20. The highest BCUT2D eigenvalue weighted by molar-refractivity contribution is 5.94. The molecule has 0 bridgehead atoms. The summed E-state index contributed by atoms with van der Waals surface area (Å²) < 4.78 is 28.2. The predicted molar refractivity (Wildman–Crippen MR) is 74.6 cm³/mol. The molecule has 112 valence electrons. The van der Waals surface area contributed by atoms with E-state index in [1.54, 1.807) is 12.1 Å². The first-order valence-corrected chi connectivity index (χ1v) is 6.24. The predicted octanol–water partition coefficient (Wildman–Crippen LogP) is 2.79. The zero-order valence-corrected chi connectivity index (χ0v) is 11.6. The summed E-state index contributed by atoms with van der Waals surface area (Å²) in [5, 5.41) is 5.89. The molecule has 1 aliphatic rings. The Balaban J connectivity index is 0.00000200. The van der Waals surface area contributed by atoms with Gasteiger partial charge in [-0.05, 0) is 43.7 Å². The van der Waals surface area contributed by atoms with Gasteiger partial charge in [-0.2, -0.15) is 8.78 Å². The Kier molecular flexibility index (Phi) is 6.67. The molecule has 0 saturated carbocycles. The molecule has 1 amide bonds. The third kappa shape index (κ3) is 4.94. The maximum atomic E-state index is 12.0. The van der Waals surface area contributed by atoms with E-state index in [2.05, 4.69) is 15.4 Å². The Labute approximate surface area is 122 Å². The second-order valence-corrected chi connectivity index (χ2v) is 4.39. The normalized spacial score (nSPS) is 18.2. The van der Waals surface area contributed by atoms with E-state index in [1.807, 2.05) is 0 Å². The lowest BCUT2D eigenvalue weighted by atomic mass is 10.0. The van der Waals surface area contributed by atoms with Crippen molar-refractivity contribution in [3.05, 3.63) is 24.3 Å². The van der Waals surface area contributed by atoms with Crippen LogP contribution in [0.4, 0.5) is 14.5 Å². The molecule has 0 spiro atoms. The Bertz CT molecular complexity index is 423. The average molecular weight is 307 g/mol. The molecule has 0 aromatic heterocycles. The highest BCUT2D eigenvalue weighted by Crippen LogP contribution is 2.18. The lowest BCUT2D eigenvalue weighted by Crippen LogP contribution is -2.43. The van der Waals surface area contributed by atoms with Crippen molar-refractivity contribution >= 4 is 24.0 Å². The van der Waals surface area contributed by atoms with Crippen LogP contribution in [0.3, 0.4) is 0 Å². The maximum absolute atomic E-state index is 12.0. The number of anilines is 1. The highest BCUT2D eigenvalue weighted by atomic mass is 35.5. The minimum Gasteiger partial charge on any atom is -0.435 e. The number of hydrogen-bond acceptors (Lipinski definition) is 3. The van der Waals surface area contributed by atoms with E-state index in [-0.39, 0.29) is 30.1 Å². The van der Waals surface area contributed by atoms with Crippen LogP contribution < -0.4 is 15.4 Å². The van der Waals surface area contributed by atoms with Crippen LogP contribution in [0.25, 0.3) is 0 Å². The van der Waals surface area contributed by atoms with E-state index in [0.29, 0.717) is 5.69 Å². The molecule has 1 aromatic carbocycles. The van der Waals surface area contributed by atoms with Crippen LogP contribution in [0.15, 0.2) is 24.3 Å². The fraction of sp³-hybridized carbons (Fsp3) is 0.462. The molecule has 7 heteroatoms. The van der Waals surface area contributed by atoms with E-state index >= 15 is 0 Å². The number of amides is 1. The third-order valence-corrected chi connectivity index (χ3v) is 2.97. The second kappa shape index (κ2) is 8.01. The van der Waals surface area contributed by atoms with Crippen molar-refractivity contribution in [2.75, 3.05) is 11.9 Å². The molecule has 2 N–H and O–H groups in total. The minimum absolute atomic E-state index is 0. The van der Waals surface area contributed by atoms with Crippen LogP contribution in [-0.2, 0) is 4.79 Å². The number of benzene rings is 1. The van der Waals surface area contributed by atoms with Crippen LogP contribution in [0.2, 0.25) is 0 Å². The second-order valence-electron chi connectivity index (χ2n) is 4.39. The van der Waals surface area contributed by atoms with Gasteiger partial charge in [-0.3, -0.25) is 4.79 Å². The fourth-order valence-electron chi connectivity index (χ4n) is 2.02. The van der Waals surface area contributed by atoms with E-state index in [4.69, 9.17) is 0 Å². The SMILES string of the molecule is Cl.O=C(Nc1ccc(OC(F)F)cc1)[C@H]1CCCCN1. The molecule has 1 heterocycles. The number of halogens is 3. The van der Waals surface area contributed by atoms with Gasteiger partial charge in [0.15, 0.2) is 0 Å². The number of carbonyl (C=O) groups excluding carboxylic acids is 1. The summed E-state index contributed by atoms with van der Waals surface area (Å²) in [4.78, 5) is 11.9. The van der Waals surface area contributed by atoms with Gasteiger partial charge in [-0.1, -0.05) is 6.42 Å². The quantitative estimate of drug-likeness (QED) is 0.899. The van der Waals surface area contributed by atoms with Gasteiger partial charge in [-0.25, -0.2) is 0 Å². The molecule has 1 saturated heterocycles. The van der Waals surface area contributed by atoms with Gasteiger partial charge >= 0.3 is 6.61 Å². The van der Waals surface area contributed by atoms with Crippen LogP contribution in [-0.4, -0.2) is 25.1 Å². The van der Waals surface area contributed by atoms with Crippen LogP contribution in [0.5, 0.6) is 5.75 Å². The zero-order valence-electron chi connectivity index (χ0n) is 10.8. The minimum atomic E-state index is -2.84. The van der Waals surface area contributed by atoms with Crippen molar-refractivity contribution in [1.29, 1.82) is 0 Å². The van der Waals surface area contributed by atoms with Gasteiger partial charge in [0.2, 0.25) is 5.91 Å². The van der Waals surface area contributed by atoms with Crippen molar-refractivity contribution in [3.63, 3.8) is 0 Å². The standard InChI is InChI=1S/C13H16F2N2O2.ClH/c14-13(15)19-10-6-4-9(5-7-10)17-12(18)11-3-1-2-8-16-11;/h4-7,11,13,16H,1-3,8H2,(H,17,18);1H/t11-;/m1./s1. The van der Waals surface area contributed by atoms with Crippen LogP contribution >= 0.6 is 12.4 Å². The van der Waals surface area contributed by atoms with Crippen LogP contribution in [0.1, 0.15) is 19.3 Å². The lowest BCUT2D eigenvalue weighted by molar-refractivity contribution is -0.118. The van der Waals surface area contributed by atoms with E-state index in [1.165, 1.54) is 12.1 Å². The fourth-order valence-corrected chi connectivity index (χ4v) is 2.02. The van der Waals surface area contributed by atoms with E-state index in [9.17, 15) is 13.6 Å². The van der Waals surface area contributed by atoms with E-state index in [0.717, 1.165) is 25.8 Å². The first-order valence-electron chi connectivity index (χ1n) is 6.24. The average Bonchev–Trinajstić information content (AvgIpc) is 2.41. The Morgan fingerprint density at radius 3 is 2.55 bits per heavy atom. The molecule has 2 rings (SSSR count). The largest absolute Gasteiger partial charge is 0.435 e. The van der Waals surface area contributed by atoms with Gasteiger partial charge in [-0.15, -0.1) is 12.4 Å². The molecule has 0 radical (unpaired) electrons. The number of ether oxygens (including phenoxy) is 1. The molecule has 20 heavy (non-hydrogen) atoms. The number of rotatable bonds is 4. The number of piperidine rings is 1. The van der Waals surface area contributed by atoms with Crippen molar-refractivity contribution in [2.45, 2.75) is 31.9 Å². The molecule has 4 nitrogen and oxygen atoms in total. The molecular formula is C13H17ClF2N2O2. The first-order chi connectivity index (χ1) is 9.15. The Morgan fingerprint density at radius 1 is 1.30 bits per heavy atom. The van der Waals surface area contributed by atoms with Gasteiger partial charge in [0.25, 0.3) is 0 Å². The van der Waals surface area contributed by atoms with E-state index < -0.39 is 6.61 Å². The molecule has 0 aliphatic carbocycles. The maximum Gasteiger partial charge on any atom is 0.387 e. The number of alkyl halides is 2. The smallest absolute Gasteiger partial charge is 0.387 e. The Morgan fingerprint density at radius 2 is 2.00 bits per heavy atom. The summed E-state index contributed by atoms with van der Waals surface area (Å²) in [6.45, 7) is -1.99. The summed E-state index contributed by atoms with van der Waals surface area (Å²) in [5.74, 6) is -0.0222. The summed E-state index contributed by atoms with van der Waals surface area (Å²) in [6.07, 6.45) is 2.94. The Hall–Kier alpha value is -1.40. The molecular weight excluding hydrogens is 290 g/mol. The summed E-state index contributed by atoms with van der Waals surface area (Å²) in [6, 6.07) is 5.70. The molecule has 1 atom stereocenters. The van der Waals surface area contributed by atoms with Gasteiger partial charge in [0.05, 0.1) is 6.04 Å². The van der Waals surface area contributed by atoms with Gasteiger partial charge in [0.1, 0.15) is 5.75 Å². The molecule has 1 aliphatic heterocycles. The van der Waals surface area contributed by atoms with Gasteiger partial charge < -0.3 is 15.4 Å². The first kappa shape index (κ1) is 16.7. The molecule has 1 aromatic rings. The summed E-state index contributed by atoms with van der Waals surface area (Å²) in [7, 11) is 0. The van der Waals surface area contributed by atoms with Gasteiger partial charge in [0, 0.05) is 5.69 Å². The molecule has 1 fully saturated rings. The monoisotopic (exact) mass is 306 g/mol. The zero-order chi connectivity index (χ0) is 13.7. The number of hydrogen-bond donors (Lipinski definition) is 2. The topological polar surface area (TPSA) is 50.4 Å². The van der Waals surface area contributed by atoms with Crippen molar-refractivity contribution in [3.8, 4) is 5.75 Å². The summed E-state index contributed by atoms with van der Waals surface area (Å²) >= 11 is 0. The van der Waals surface area contributed by atoms with Crippen LogP contribution in [0, 0.1) is 0 Å².